The highest BCUT2D eigenvalue weighted by Crippen LogP contribution is 2.50. The van der Waals surface area contributed by atoms with Gasteiger partial charge in [0.2, 0.25) is 0 Å². The molecule has 7 heterocycles. The lowest BCUT2D eigenvalue weighted by Crippen LogP contribution is -2.67. The first-order chi connectivity index (χ1) is 34.2. The maximum atomic E-state index is 7.47. The van der Waals surface area contributed by atoms with Crippen molar-refractivity contribution in [3.8, 4) is 57.3 Å². The van der Waals surface area contributed by atoms with E-state index in [1.54, 1.807) is 0 Å². The Labute approximate surface area is 399 Å². The molecule has 0 aliphatic carbocycles. The van der Waals surface area contributed by atoms with Crippen molar-refractivity contribution in [1.29, 1.82) is 0 Å². The van der Waals surface area contributed by atoms with E-state index < -0.39 is 6.71 Å². The zero-order chi connectivity index (χ0) is 44.9. The second-order valence-corrected chi connectivity index (χ2v) is 18.4. The fourth-order valence-electron chi connectivity index (χ4n) is 12.1. The molecule has 0 saturated carbocycles. The molecule has 318 valence electrons. The Morgan fingerprint density at radius 2 is 0.710 bits per heavy atom. The number of nitrogens with zero attached hydrogens (tertiary/aromatic N) is 3. The van der Waals surface area contributed by atoms with Gasteiger partial charge in [0.15, 0.2) is 0 Å². The number of aromatic nitrogens is 1. The van der Waals surface area contributed by atoms with Crippen molar-refractivity contribution >= 4 is 104 Å². The van der Waals surface area contributed by atoms with Gasteiger partial charge in [0.05, 0.1) is 11.4 Å². The monoisotopic (exact) mass is 881 g/mol. The van der Waals surface area contributed by atoms with Crippen molar-refractivity contribution in [2.24, 2.45) is 0 Å². The Hall–Kier alpha value is -8.88. The predicted molar refractivity (Wildman–Crippen MR) is 279 cm³/mol. The van der Waals surface area contributed by atoms with Crippen molar-refractivity contribution < 1.29 is 18.9 Å². The highest BCUT2D eigenvalue weighted by atomic mass is 16.5. The molecule has 0 amide bonds. The van der Waals surface area contributed by atoms with Crippen LogP contribution in [0.2, 0.25) is 0 Å². The third kappa shape index (κ3) is 5.07. The summed E-state index contributed by atoms with van der Waals surface area (Å²) in [5, 5.41) is 0. The Morgan fingerprint density at radius 3 is 1.20 bits per heavy atom. The highest BCUT2D eigenvalue weighted by Gasteiger charge is 2.54. The number of para-hydroxylation sites is 6. The number of pyridine rings is 1. The van der Waals surface area contributed by atoms with E-state index in [1.165, 1.54) is 0 Å². The summed E-state index contributed by atoms with van der Waals surface area (Å²) in [4.78, 5) is 10.5. The summed E-state index contributed by atoms with van der Waals surface area (Å²) in [6.45, 7) is -0.713. The lowest BCUT2D eigenvalue weighted by molar-refractivity contribution is 0.466. The zero-order valence-corrected chi connectivity index (χ0v) is 36.8. The molecular formula is C59H34B3N3O4. The van der Waals surface area contributed by atoms with Gasteiger partial charge in [-0.1, -0.05) is 140 Å². The minimum Gasteiger partial charge on any atom is -0.459 e. The summed E-state index contributed by atoms with van der Waals surface area (Å²) in [5.74, 6) is 7.24. The lowest BCUT2D eigenvalue weighted by Gasteiger charge is -2.47. The Kier molecular flexibility index (Phi) is 7.47. The second-order valence-electron chi connectivity index (χ2n) is 18.4. The van der Waals surface area contributed by atoms with Crippen LogP contribution >= 0.6 is 0 Å². The van der Waals surface area contributed by atoms with Crippen molar-refractivity contribution in [3.05, 3.63) is 206 Å². The van der Waals surface area contributed by atoms with Crippen LogP contribution in [-0.2, 0) is 0 Å². The Balaban J connectivity index is 1.09. The number of rotatable bonds is 3. The van der Waals surface area contributed by atoms with E-state index in [9.17, 15) is 0 Å². The maximum Gasteiger partial charge on any atom is 0.263 e. The van der Waals surface area contributed by atoms with Gasteiger partial charge in [-0.15, -0.1) is 0 Å². The number of anilines is 6. The van der Waals surface area contributed by atoms with Crippen molar-refractivity contribution in [2.75, 3.05) is 9.80 Å². The summed E-state index contributed by atoms with van der Waals surface area (Å²) in [5.41, 5.74) is 16.2. The summed E-state index contributed by atoms with van der Waals surface area (Å²) in [6, 6.07) is 72.3. The molecule has 1 aromatic heterocycles. The molecule has 0 N–H and O–H groups in total. The molecule has 10 aromatic rings. The standard InChI is InChI=1S/C59H34B3N3O4/c1-4-18-35(19-5-1)42-32-43-54-59(63-42)65(37-22-8-3-9-23-37)45-34-51-56-58(69-49-31-17-13-27-41(49)61(56)39-25-11-15-29-47(39)67-51)53(45)62(54)52-44(64(43)36-20-6-2-7-21-36)33-50-55-57(52)68-48-30-16-12-26-40(48)60(55)38-24-10-14-28-46(38)66-50/h1-34H. The summed E-state index contributed by atoms with van der Waals surface area (Å²) in [6.07, 6.45) is 0. The van der Waals surface area contributed by atoms with Crippen LogP contribution in [0.5, 0.6) is 46.0 Å². The molecule has 6 aliphatic rings. The Bertz CT molecular complexity index is 3610. The molecule has 0 atom stereocenters. The number of ether oxygens (including phenoxy) is 4. The first kappa shape index (κ1) is 37.2. The molecule has 9 aromatic carbocycles. The van der Waals surface area contributed by atoms with Crippen LogP contribution in [0.25, 0.3) is 11.3 Å². The molecule has 0 radical (unpaired) electrons. The average Bonchev–Trinajstić information content (AvgIpc) is 3.41. The second kappa shape index (κ2) is 13.8. The number of hydrogen-bond acceptors (Lipinski definition) is 7. The fraction of sp³-hybridized carbons (Fsp3) is 0. The first-order valence-corrected chi connectivity index (χ1v) is 23.5. The zero-order valence-electron chi connectivity index (χ0n) is 36.8. The van der Waals surface area contributed by atoms with Gasteiger partial charge in [0, 0.05) is 51.4 Å². The molecule has 0 fully saturated rings. The van der Waals surface area contributed by atoms with E-state index in [1.807, 2.05) is 0 Å². The van der Waals surface area contributed by atoms with Crippen molar-refractivity contribution in [1.82, 2.24) is 4.98 Å². The summed E-state index contributed by atoms with van der Waals surface area (Å²) < 4.78 is 29.1. The molecule has 16 rings (SSSR count). The van der Waals surface area contributed by atoms with Crippen LogP contribution in [0.1, 0.15) is 0 Å². The molecule has 7 nitrogen and oxygen atoms in total. The predicted octanol–water partition coefficient (Wildman–Crippen LogP) is 8.29. The first-order valence-electron chi connectivity index (χ1n) is 23.5. The largest absolute Gasteiger partial charge is 0.459 e. The molecule has 0 saturated heterocycles. The van der Waals surface area contributed by atoms with E-state index >= 15 is 0 Å². The van der Waals surface area contributed by atoms with E-state index in [0.717, 1.165) is 141 Å². The smallest absolute Gasteiger partial charge is 0.263 e. The summed E-state index contributed by atoms with van der Waals surface area (Å²) >= 11 is 0. The van der Waals surface area contributed by atoms with Crippen molar-refractivity contribution in [2.45, 2.75) is 0 Å². The highest BCUT2D eigenvalue weighted by molar-refractivity contribution is 7.05. The van der Waals surface area contributed by atoms with Gasteiger partial charge in [0.1, 0.15) is 51.8 Å². The average molecular weight is 881 g/mol. The maximum absolute atomic E-state index is 7.47. The topological polar surface area (TPSA) is 56.3 Å². The lowest BCUT2D eigenvalue weighted by atomic mass is 9.29. The molecule has 0 bridgehead atoms. The van der Waals surface area contributed by atoms with E-state index in [2.05, 4.69) is 216 Å². The van der Waals surface area contributed by atoms with Crippen LogP contribution < -0.4 is 77.9 Å². The van der Waals surface area contributed by atoms with Gasteiger partial charge in [-0.25, -0.2) is 4.98 Å². The van der Waals surface area contributed by atoms with Crippen LogP contribution in [-0.4, -0.2) is 25.1 Å². The Morgan fingerprint density at radius 1 is 0.319 bits per heavy atom. The van der Waals surface area contributed by atoms with E-state index in [-0.39, 0.29) is 13.4 Å². The van der Waals surface area contributed by atoms with Gasteiger partial charge in [-0.05, 0) is 92.8 Å². The third-order valence-corrected chi connectivity index (χ3v) is 14.9. The van der Waals surface area contributed by atoms with Gasteiger partial charge < -0.3 is 23.8 Å². The van der Waals surface area contributed by atoms with E-state index in [4.69, 9.17) is 23.9 Å². The molecule has 0 spiro atoms. The molecular weight excluding hydrogens is 847 g/mol. The number of hydrogen-bond donors (Lipinski definition) is 0. The molecule has 0 unspecified atom stereocenters. The quantitative estimate of drug-likeness (QED) is 0.166. The molecule has 10 heteroatoms. The van der Waals surface area contributed by atoms with Crippen LogP contribution in [0, 0.1) is 0 Å². The van der Waals surface area contributed by atoms with Crippen LogP contribution in [0.3, 0.4) is 0 Å². The minimum atomic E-state index is -0.441. The molecule has 69 heavy (non-hydrogen) atoms. The number of fused-ring (bicyclic) bond motifs is 14. The fourth-order valence-corrected chi connectivity index (χ4v) is 12.1. The van der Waals surface area contributed by atoms with Crippen LogP contribution in [0.4, 0.5) is 34.3 Å². The third-order valence-electron chi connectivity index (χ3n) is 14.9. The normalized spacial score (nSPS) is 14.1. The van der Waals surface area contributed by atoms with Gasteiger partial charge in [0.25, 0.3) is 20.1 Å². The molecule has 6 aliphatic heterocycles. The van der Waals surface area contributed by atoms with Gasteiger partial charge in [-0.3, -0.25) is 4.90 Å². The van der Waals surface area contributed by atoms with E-state index in [0.29, 0.717) is 0 Å². The van der Waals surface area contributed by atoms with Crippen molar-refractivity contribution in [3.63, 3.8) is 0 Å². The van der Waals surface area contributed by atoms with Crippen LogP contribution in [0.15, 0.2) is 206 Å². The summed E-state index contributed by atoms with van der Waals surface area (Å²) in [7, 11) is 0. The SMILES string of the molecule is c1ccc(-c2cc3c4c(n2)N(c2ccccc2)c2cc5c6c(c2B4c2c(cc4c7c2Oc2ccccc2B7c2ccccc2O4)N3c2ccccc2)Oc2ccccc2B6c2ccccc2O5)cc1. The van der Waals surface area contributed by atoms with Gasteiger partial charge >= 0.3 is 0 Å². The minimum absolute atomic E-state index is 0.136. The van der Waals surface area contributed by atoms with Gasteiger partial charge in [-0.2, -0.15) is 0 Å². The number of benzene rings is 9.